The highest BCUT2D eigenvalue weighted by Gasteiger charge is 2.13. The monoisotopic (exact) mass is 384 g/mol. The molecular weight excluding hydrogens is 364 g/mol. The van der Waals surface area contributed by atoms with Gasteiger partial charge in [-0.3, -0.25) is 14.0 Å². The SMILES string of the molecule is CCc1nc2cccc(C#Cc3cnn(CCO)c3)c2c(=O)n1-c1ccccc1. The molecule has 0 aliphatic rings. The average Bonchev–Trinajstić information content (AvgIpc) is 3.20. The van der Waals surface area contributed by atoms with Gasteiger partial charge in [0.1, 0.15) is 5.82 Å². The normalized spacial score (nSPS) is 10.7. The molecule has 0 spiro atoms. The van der Waals surface area contributed by atoms with Gasteiger partial charge in [0.2, 0.25) is 0 Å². The molecule has 0 atom stereocenters. The zero-order chi connectivity index (χ0) is 20.2. The van der Waals surface area contributed by atoms with Crippen molar-refractivity contribution in [3.05, 3.63) is 88.2 Å². The van der Waals surface area contributed by atoms with E-state index in [0.29, 0.717) is 35.3 Å². The summed E-state index contributed by atoms with van der Waals surface area (Å²) in [7, 11) is 0. The quantitative estimate of drug-likeness (QED) is 0.549. The van der Waals surface area contributed by atoms with Gasteiger partial charge in [-0.15, -0.1) is 0 Å². The van der Waals surface area contributed by atoms with E-state index in [1.165, 1.54) is 0 Å². The second-order valence-electron chi connectivity index (χ2n) is 6.52. The first-order valence-corrected chi connectivity index (χ1v) is 9.46. The number of hydrogen-bond donors (Lipinski definition) is 1. The minimum Gasteiger partial charge on any atom is -0.394 e. The Hall–Kier alpha value is -3.69. The lowest BCUT2D eigenvalue weighted by Crippen LogP contribution is -2.24. The molecule has 144 valence electrons. The van der Waals surface area contributed by atoms with Crippen molar-refractivity contribution in [3.63, 3.8) is 0 Å². The van der Waals surface area contributed by atoms with Crippen molar-refractivity contribution in [1.82, 2.24) is 19.3 Å². The Bertz CT molecular complexity index is 1280. The van der Waals surface area contributed by atoms with Crippen LogP contribution in [0.2, 0.25) is 0 Å². The second-order valence-corrected chi connectivity index (χ2v) is 6.52. The van der Waals surface area contributed by atoms with Crippen molar-refractivity contribution in [2.45, 2.75) is 19.9 Å². The molecule has 0 unspecified atom stereocenters. The summed E-state index contributed by atoms with van der Waals surface area (Å²) in [5.74, 6) is 6.87. The molecule has 0 amide bonds. The lowest BCUT2D eigenvalue weighted by Gasteiger charge is -2.13. The van der Waals surface area contributed by atoms with E-state index in [1.807, 2.05) is 55.5 Å². The van der Waals surface area contributed by atoms with Crippen LogP contribution in [0.1, 0.15) is 23.9 Å². The molecule has 0 bridgehead atoms. The van der Waals surface area contributed by atoms with Crippen LogP contribution in [0, 0.1) is 11.8 Å². The number of rotatable bonds is 4. The number of para-hydroxylation sites is 1. The maximum atomic E-state index is 13.4. The molecule has 0 aliphatic carbocycles. The van der Waals surface area contributed by atoms with Gasteiger partial charge in [0, 0.05) is 18.2 Å². The fraction of sp³-hybridized carbons (Fsp3) is 0.174. The third-order valence-electron chi connectivity index (χ3n) is 4.60. The largest absolute Gasteiger partial charge is 0.394 e. The molecule has 1 N–H and O–H groups in total. The van der Waals surface area contributed by atoms with Gasteiger partial charge in [-0.05, 0) is 24.3 Å². The van der Waals surface area contributed by atoms with Gasteiger partial charge >= 0.3 is 0 Å². The standard InChI is InChI=1S/C23H20N4O2/c1-2-21-25-20-10-6-7-18(12-11-17-15-24-26(16-17)13-14-28)22(20)23(29)27(21)19-8-4-3-5-9-19/h3-10,15-16,28H,2,13-14H2,1H3. The average molecular weight is 384 g/mol. The van der Waals surface area contributed by atoms with Crippen molar-refractivity contribution in [2.75, 3.05) is 6.61 Å². The molecule has 0 fully saturated rings. The molecule has 0 aliphatic heterocycles. The molecule has 0 saturated carbocycles. The highest BCUT2D eigenvalue weighted by molar-refractivity contribution is 5.84. The number of hydrogen-bond acceptors (Lipinski definition) is 4. The Balaban J connectivity index is 1.88. The van der Waals surface area contributed by atoms with Crippen molar-refractivity contribution in [3.8, 4) is 17.5 Å². The van der Waals surface area contributed by atoms with Crippen LogP contribution in [0.5, 0.6) is 0 Å². The van der Waals surface area contributed by atoms with E-state index in [4.69, 9.17) is 10.1 Å². The molecule has 2 heterocycles. The third-order valence-corrected chi connectivity index (χ3v) is 4.60. The Morgan fingerprint density at radius 3 is 2.66 bits per heavy atom. The highest BCUT2D eigenvalue weighted by atomic mass is 16.3. The van der Waals surface area contributed by atoms with Gasteiger partial charge < -0.3 is 5.11 Å². The lowest BCUT2D eigenvalue weighted by atomic mass is 10.1. The molecule has 2 aromatic carbocycles. The number of aliphatic hydroxyl groups excluding tert-OH is 1. The summed E-state index contributed by atoms with van der Waals surface area (Å²) in [5, 5.41) is 13.7. The Morgan fingerprint density at radius 1 is 1.07 bits per heavy atom. The van der Waals surface area contributed by atoms with Gasteiger partial charge in [0.25, 0.3) is 5.56 Å². The van der Waals surface area contributed by atoms with E-state index < -0.39 is 0 Å². The number of aryl methyl sites for hydroxylation is 1. The topological polar surface area (TPSA) is 72.9 Å². The van der Waals surface area contributed by atoms with Crippen LogP contribution in [-0.4, -0.2) is 31.0 Å². The summed E-state index contributed by atoms with van der Waals surface area (Å²) in [4.78, 5) is 18.2. The van der Waals surface area contributed by atoms with Gasteiger partial charge in [-0.2, -0.15) is 5.10 Å². The number of benzene rings is 2. The van der Waals surface area contributed by atoms with Crippen molar-refractivity contribution < 1.29 is 5.11 Å². The first kappa shape index (κ1) is 18.7. The van der Waals surface area contributed by atoms with Crippen LogP contribution in [0.3, 0.4) is 0 Å². The number of aliphatic hydroxyl groups is 1. The summed E-state index contributed by atoms with van der Waals surface area (Å²) in [5.41, 5.74) is 2.65. The molecule has 0 radical (unpaired) electrons. The summed E-state index contributed by atoms with van der Waals surface area (Å²) < 4.78 is 3.29. The van der Waals surface area contributed by atoms with Crippen molar-refractivity contribution in [1.29, 1.82) is 0 Å². The summed E-state index contributed by atoms with van der Waals surface area (Å²) in [6.45, 7) is 2.42. The first-order chi connectivity index (χ1) is 14.2. The Kier molecular flexibility index (Phi) is 5.23. The zero-order valence-electron chi connectivity index (χ0n) is 16.0. The number of aromatic nitrogens is 4. The van der Waals surface area contributed by atoms with Crippen molar-refractivity contribution in [2.24, 2.45) is 0 Å². The lowest BCUT2D eigenvalue weighted by molar-refractivity contribution is 0.269. The van der Waals surface area contributed by atoms with Gasteiger partial charge in [0.05, 0.1) is 41.5 Å². The molecule has 4 rings (SSSR count). The van der Waals surface area contributed by atoms with E-state index in [0.717, 1.165) is 11.3 Å². The van der Waals surface area contributed by atoms with E-state index in [9.17, 15) is 4.79 Å². The minimum atomic E-state index is -0.126. The fourth-order valence-corrected chi connectivity index (χ4v) is 3.25. The van der Waals surface area contributed by atoms with E-state index in [2.05, 4.69) is 16.9 Å². The first-order valence-electron chi connectivity index (χ1n) is 9.46. The van der Waals surface area contributed by atoms with Crippen LogP contribution in [0.4, 0.5) is 0 Å². The summed E-state index contributed by atoms with van der Waals surface area (Å²) in [6.07, 6.45) is 4.05. The van der Waals surface area contributed by atoms with Crippen LogP contribution < -0.4 is 5.56 Å². The van der Waals surface area contributed by atoms with Gasteiger partial charge in [0.15, 0.2) is 0 Å². The van der Waals surface area contributed by atoms with E-state index in [1.54, 1.807) is 21.6 Å². The third kappa shape index (κ3) is 3.68. The predicted molar refractivity (Wildman–Crippen MR) is 112 cm³/mol. The molecular formula is C23H20N4O2. The van der Waals surface area contributed by atoms with Crippen LogP contribution in [0.15, 0.2) is 65.7 Å². The van der Waals surface area contributed by atoms with Crippen molar-refractivity contribution >= 4 is 10.9 Å². The van der Waals surface area contributed by atoms with Gasteiger partial charge in [-0.1, -0.05) is 43.0 Å². The Labute approximate surface area is 168 Å². The van der Waals surface area contributed by atoms with E-state index in [-0.39, 0.29) is 12.2 Å². The molecule has 4 aromatic rings. The molecule has 0 saturated heterocycles. The van der Waals surface area contributed by atoms with Crippen LogP contribution >= 0.6 is 0 Å². The minimum absolute atomic E-state index is 0.0162. The smallest absolute Gasteiger partial charge is 0.267 e. The molecule has 29 heavy (non-hydrogen) atoms. The Morgan fingerprint density at radius 2 is 1.90 bits per heavy atom. The highest BCUT2D eigenvalue weighted by Crippen LogP contribution is 2.16. The molecule has 6 heteroatoms. The maximum Gasteiger partial charge on any atom is 0.267 e. The summed E-state index contributed by atoms with van der Waals surface area (Å²) in [6, 6.07) is 15.1. The second kappa shape index (κ2) is 8.13. The zero-order valence-corrected chi connectivity index (χ0v) is 16.0. The molecule has 2 aromatic heterocycles. The van der Waals surface area contributed by atoms with Crippen LogP contribution in [0.25, 0.3) is 16.6 Å². The fourth-order valence-electron chi connectivity index (χ4n) is 3.25. The molecule has 6 nitrogen and oxygen atoms in total. The van der Waals surface area contributed by atoms with Crippen LogP contribution in [-0.2, 0) is 13.0 Å². The number of fused-ring (bicyclic) bond motifs is 1. The maximum absolute atomic E-state index is 13.4. The summed E-state index contributed by atoms with van der Waals surface area (Å²) >= 11 is 0. The van der Waals surface area contributed by atoms with Gasteiger partial charge in [-0.25, -0.2) is 4.98 Å². The predicted octanol–water partition coefficient (Wildman–Crippen LogP) is 2.54. The number of nitrogens with zero attached hydrogens (tertiary/aromatic N) is 4. The van der Waals surface area contributed by atoms with E-state index >= 15 is 0 Å².